The Labute approximate surface area is 173 Å². The normalized spacial score (nSPS) is 15.6. The number of aliphatic hydroxyl groups is 2. The zero-order valence-electron chi connectivity index (χ0n) is 16.9. The molecule has 5 atom stereocenters. The van der Waals surface area contributed by atoms with Crippen LogP contribution in [-0.4, -0.2) is 88.4 Å². The lowest BCUT2D eigenvalue weighted by Crippen LogP contribution is -2.57. The van der Waals surface area contributed by atoms with Gasteiger partial charge in [0.2, 0.25) is 17.7 Å². The van der Waals surface area contributed by atoms with E-state index >= 15 is 0 Å². The first-order chi connectivity index (χ1) is 13.9. The van der Waals surface area contributed by atoms with E-state index in [2.05, 4.69) is 20.9 Å². The first kappa shape index (κ1) is 27.0. The lowest BCUT2D eigenvalue weighted by atomic mass is 10.1. The molecule has 5 unspecified atom stereocenters. The number of nitrogens with zero attached hydrogens (tertiary/aromatic N) is 1. The summed E-state index contributed by atoms with van der Waals surface area (Å²) in [6.07, 6.45) is -0.832. The summed E-state index contributed by atoms with van der Waals surface area (Å²) in [5.74, 6) is -3.98. The zero-order valence-corrected chi connectivity index (χ0v) is 16.9. The van der Waals surface area contributed by atoms with E-state index in [9.17, 15) is 24.3 Å². The number of aliphatic imine (C=N–C) groups is 1. The lowest BCUT2D eigenvalue weighted by molar-refractivity contribution is -0.143. The number of aliphatic hydroxyl groups excluding tert-OH is 2. The van der Waals surface area contributed by atoms with Crippen LogP contribution in [0.4, 0.5) is 0 Å². The quantitative estimate of drug-likeness (QED) is 0.0761. The minimum absolute atomic E-state index is 0.0416. The molecule has 0 saturated heterocycles. The lowest BCUT2D eigenvalue weighted by Gasteiger charge is -2.23. The second-order valence-corrected chi connectivity index (χ2v) is 6.59. The van der Waals surface area contributed by atoms with Gasteiger partial charge in [-0.3, -0.25) is 19.4 Å². The van der Waals surface area contributed by atoms with Gasteiger partial charge < -0.3 is 48.5 Å². The zero-order chi connectivity index (χ0) is 23.4. The minimum atomic E-state index is -1.56. The van der Waals surface area contributed by atoms with E-state index in [1.54, 1.807) is 0 Å². The van der Waals surface area contributed by atoms with Crippen molar-refractivity contribution < 1.29 is 34.5 Å². The number of carbonyl (C=O) groups excluding carboxylic acids is 3. The number of carboxylic acids is 1. The van der Waals surface area contributed by atoms with Gasteiger partial charge >= 0.3 is 5.97 Å². The van der Waals surface area contributed by atoms with Gasteiger partial charge in [0, 0.05) is 6.54 Å². The summed E-state index contributed by atoms with van der Waals surface area (Å²) in [6.45, 7) is 1.95. The van der Waals surface area contributed by atoms with Crippen molar-refractivity contribution in [1.82, 2.24) is 16.0 Å². The Morgan fingerprint density at radius 2 is 1.53 bits per heavy atom. The van der Waals surface area contributed by atoms with E-state index in [1.165, 1.54) is 13.8 Å². The Bertz CT molecular complexity index is 637. The average molecular weight is 433 g/mol. The van der Waals surface area contributed by atoms with Crippen LogP contribution < -0.4 is 33.2 Å². The molecule has 14 nitrogen and oxygen atoms in total. The topological polar surface area (TPSA) is 255 Å². The van der Waals surface area contributed by atoms with Gasteiger partial charge in [-0.1, -0.05) is 0 Å². The number of aliphatic carboxylic acids is 1. The van der Waals surface area contributed by atoms with E-state index < -0.39 is 60.6 Å². The monoisotopic (exact) mass is 433 g/mol. The fourth-order valence-corrected chi connectivity index (χ4v) is 2.12. The highest BCUT2D eigenvalue weighted by atomic mass is 16.4. The summed E-state index contributed by atoms with van der Waals surface area (Å²) >= 11 is 0. The number of carboxylic acid groups (broad SMARTS) is 1. The predicted octanol–water partition coefficient (Wildman–Crippen LogP) is -4.70. The number of nitrogens with one attached hydrogen (secondary N) is 3. The molecule has 3 amide bonds. The summed E-state index contributed by atoms with van der Waals surface area (Å²) in [6, 6.07) is -5.11. The molecule has 0 aromatic carbocycles. The summed E-state index contributed by atoms with van der Waals surface area (Å²) < 4.78 is 0. The van der Waals surface area contributed by atoms with Crippen molar-refractivity contribution in [2.24, 2.45) is 22.2 Å². The number of nitrogens with two attached hydrogens (primary N) is 3. The van der Waals surface area contributed by atoms with Crippen LogP contribution in [0.5, 0.6) is 0 Å². The third kappa shape index (κ3) is 9.99. The maximum absolute atomic E-state index is 12.4. The van der Waals surface area contributed by atoms with E-state index in [1.807, 2.05) is 0 Å². The van der Waals surface area contributed by atoms with Gasteiger partial charge in [0.25, 0.3) is 0 Å². The highest BCUT2D eigenvalue weighted by Gasteiger charge is 2.28. The molecular formula is C16H31N7O7. The first-order valence-electron chi connectivity index (χ1n) is 9.14. The maximum Gasteiger partial charge on any atom is 0.328 e. The number of amides is 3. The van der Waals surface area contributed by atoms with Crippen LogP contribution in [0.25, 0.3) is 0 Å². The minimum Gasteiger partial charge on any atom is -0.480 e. The van der Waals surface area contributed by atoms with Gasteiger partial charge in [0.1, 0.15) is 24.2 Å². The van der Waals surface area contributed by atoms with Crippen molar-refractivity contribution in [3.05, 3.63) is 0 Å². The molecule has 0 aliphatic heterocycles. The Kier molecular flexibility index (Phi) is 12.0. The highest BCUT2D eigenvalue weighted by Crippen LogP contribution is 2.01. The van der Waals surface area contributed by atoms with Crippen molar-refractivity contribution in [2.45, 2.75) is 57.0 Å². The smallest absolute Gasteiger partial charge is 0.328 e. The first-order valence-corrected chi connectivity index (χ1v) is 9.14. The van der Waals surface area contributed by atoms with Crippen LogP contribution in [0.1, 0.15) is 26.7 Å². The van der Waals surface area contributed by atoms with Crippen molar-refractivity contribution >= 4 is 29.7 Å². The summed E-state index contributed by atoms with van der Waals surface area (Å²) in [7, 11) is 0. The molecule has 172 valence electrons. The molecule has 0 radical (unpaired) electrons. The van der Waals surface area contributed by atoms with Crippen LogP contribution in [0, 0.1) is 0 Å². The van der Waals surface area contributed by atoms with Gasteiger partial charge in [0.05, 0.1) is 12.7 Å². The molecule has 0 aliphatic carbocycles. The molecule has 12 N–H and O–H groups in total. The number of guanidine groups is 1. The van der Waals surface area contributed by atoms with Gasteiger partial charge in [-0.15, -0.1) is 0 Å². The van der Waals surface area contributed by atoms with E-state index in [0.29, 0.717) is 0 Å². The molecule has 14 heteroatoms. The molecule has 0 heterocycles. The fraction of sp³-hybridized carbons (Fsp3) is 0.688. The van der Waals surface area contributed by atoms with E-state index in [0.717, 1.165) is 0 Å². The van der Waals surface area contributed by atoms with Crippen molar-refractivity contribution in [3.63, 3.8) is 0 Å². The van der Waals surface area contributed by atoms with E-state index in [4.69, 9.17) is 27.4 Å². The predicted molar refractivity (Wildman–Crippen MR) is 106 cm³/mol. The van der Waals surface area contributed by atoms with Crippen molar-refractivity contribution in [2.75, 3.05) is 13.2 Å². The molecule has 0 aromatic heterocycles. The molecule has 30 heavy (non-hydrogen) atoms. The summed E-state index contributed by atoms with van der Waals surface area (Å²) in [5, 5.41) is 34.2. The molecule has 0 saturated carbocycles. The number of rotatable bonds is 13. The third-order valence-electron chi connectivity index (χ3n) is 3.95. The number of carbonyl (C=O) groups is 4. The number of hydrogen-bond donors (Lipinski definition) is 9. The molecular weight excluding hydrogens is 402 g/mol. The Balaban J connectivity index is 5.13. The largest absolute Gasteiger partial charge is 0.480 e. The highest BCUT2D eigenvalue weighted by molar-refractivity contribution is 5.94. The fourth-order valence-electron chi connectivity index (χ4n) is 2.12. The summed E-state index contributed by atoms with van der Waals surface area (Å²) in [4.78, 5) is 51.4. The van der Waals surface area contributed by atoms with E-state index in [-0.39, 0.29) is 25.3 Å². The van der Waals surface area contributed by atoms with Crippen LogP contribution >= 0.6 is 0 Å². The average Bonchev–Trinajstić information content (AvgIpc) is 2.66. The SMILES string of the molecule is CC(NC(=O)C(N)C(C)O)C(=O)NC(CCCN=C(N)N)C(=O)NC(CO)C(=O)O. The molecule has 0 aromatic rings. The molecule has 0 rings (SSSR count). The van der Waals surface area contributed by atoms with Gasteiger partial charge in [-0.25, -0.2) is 4.79 Å². The molecule has 0 aliphatic rings. The number of hydrogen-bond acceptors (Lipinski definition) is 8. The molecule has 0 spiro atoms. The Hall–Kier alpha value is -2.97. The van der Waals surface area contributed by atoms with Gasteiger partial charge in [-0.05, 0) is 26.7 Å². The second-order valence-electron chi connectivity index (χ2n) is 6.59. The molecule has 0 bridgehead atoms. The van der Waals surface area contributed by atoms with Gasteiger partial charge in [-0.2, -0.15) is 0 Å². The van der Waals surface area contributed by atoms with Crippen molar-refractivity contribution in [1.29, 1.82) is 0 Å². The maximum atomic E-state index is 12.4. The Morgan fingerprint density at radius 3 is 2.00 bits per heavy atom. The second kappa shape index (κ2) is 13.3. The van der Waals surface area contributed by atoms with Crippen LogP contribution in [-0.2, 0) is 19.2 Å². The standard InChI is InChI=1S/C16H31N7O7/c1-7(21-14(28)11(17)8(2)25)12(26)22-9(4-3-5-20-16(18)19)13(27)23-10(6-24)15(29)30/h7-11,24-25H,3-6,17H2,1-2H3,(H,21,28)(H,22,26)(H,23,27)(H,29,30)(H4,18,19,20). The van der Waals surface area contributed by atoms with Crippen molar-refractivity contribution in [3.8, 4) is 0 Å². The molecule has 0 fully saturated rings. The third-order valence-corrected chi connectivity index (χ3v) is 3.95. The van der Waals surface area contributed by atoms with Crippen LogP contribution in [0.3, 0.4) is 0 Å². The van der Waals surface area contributed by atoms with Crippen LogP contribution in [0.2, 0.25) is 0 Å². The Morgan fingerprint density at radius 1 is 0.967 bits per heavy atom. The van der Waals surface area contributed by atoms with Gasteiger partial charge in [0.15, 0.2) is 5.96 Å². The van der Waals surface area contributed by atoms with Crippen LogP contribution in [0.15, 0.2) is 4.99 Å². The summed E-state index contributed by atoms with van der Waals surface area (Å²) in [5.41, 5.74) is 15.9.